The summed E-state index contributed by atoms with van der Waals surface area (Å²) < 4.78 is 23.8. The molecular formula is C13H13FN2O3. The van der Waals surface area contributed by atoms with Gasteiger partial charge in [0.2, 0.25) is 17.5 Å². The molecule has 0 radical (unpaired) electrons. The van der Waals surface area contributed by atoms with Crippen molar-refractivity contribution in [2.24, 2.45) is 0 Å². The molecule has 2 rings (SSSR count). The van der Waals surface area contributed by atoms with Crippen LogP contribution in [-0.4, -0.2) is 17.6 Å². The molecule has 0 spiro atoms. The van der Waals surface area contributed by atoms with Gasteiger partial charge in [0.15, 0.2) is 0 Å². The van der Waals surface area contributed by atoms with Gasteiger partial charge in [0.25, 0.3) is 0 Å². The van der Waals surface area contributed by atoms with Gasteiger partial charge in [0.1, 0.15) is 5.82 Å². The molecule has 0 amide bonds. The molecule has 0 bridgehead atoms. The summed E-state index contributed by atoms with van der Waals surface area (Å²) in [5, 5.41) is 0. The molecule has 2 N–H and O–H groups in total. The van der Waals surface area contributed by atoms with E-state index in [9.17, 15) is 9.18 Å². The topological polar surface area (TPSA) is 78.3 Å². The minimum absolute atomic E-state index is 0.0400. The lowest BCUT2D eigenvalue weighted by molar-refractivity contribution is 0.0521. The Morgan fingerprint density at radius 1 is 1.53 bits per heavy atom. The average molecular weight is 264 g/mol. The van der Waals surface area contributed by atoms with Gasteiger partial charge in [-0.05, 0) is 25.5 Å². The van der Waals surface area contributed by atoms with Gasteiger partial charge in [-0.25, -0.2) is 9.18 Å². The number of aromatic nitrogens is 1. The third-order valence-corrected chi connectivity index (χ3v) is 2.54. The number of halogens is 1. The molecule has 0 fully saturated rings. The van der Waals surface area contributed by atoms with E-state index >= 15 is 0 Å². The lowest BCUT2D eigenvalue weighted by Crippen LogP contribution is -2.07. The van der Waals surface area contributed by atoms with Crippen LogP contribution in [0.25, 0.3) is 11.5 Å². The van der Waals surface area contributed by atoms with Crippen molar-refractivity contribution in [1.29, 1.82) is 0 Å². The number of hydrogen-bond donors (Lipinski definition) is 1. The summed E-state index contributed by atoms with van der Waals surface area (Å²) in [4.78, 5) is 15.4. The number of rotatable bonds is 3. The van der Waals surface area contributed by atoms with Gasteiger partial charge in [-0.15, -0.1) is 0 Å². The van der Waals surface area contributed by atoms with Crippen molar-refractivity contribution in [3.8, 4) is 11.5 Å². The highest BCUT2D eigenvalue weighted by molar-refractivity contribution is 5.92. The predicted octanol–water partition coefficient (Wildman–Crippen LogP) is 2.55. The molecule has 0 unspecified atom stereocenters. The molecule has 0 saturated heterocycles. The zero-order valence-electron chi connectivity index (χ0n) is 10.6. The van der Waals surface area contributed by atoms with E-state index < -0.39 is 11.8 Å². The van der Waals surface area contributed by atoms with Crippen LogP contribution in [0.15, 0.2) is 22.6 Å². The molecule has 100 valence electrons. The molecule has 2 aromatic rings. The SMILES string of the molecule is CCOC(=O)c1nc(-c2cccc(C)c2F)oc1N. The molecule has 0 atom stereocenters. The van der Waals surface area contributed by atoms with Crippen LogP contribution >= 0.6 is 0 Å². The molecule has 5 nitrogen and oxygen atoms in total. The summed E-state index contributed by atoms with van der Waals surface area (Å²) >= 11 is 0. The second-order valence-electron chi connectivity index (χ2n) is 3.89. The van der Waals surface area contributed by atoms with Crippen LogP contribution in [0.2, 0.25) is 0 Å². The molecule has 0 saturated carbocycles. The van der Waals surface area contributed by atoms with Crippen molar-refractivity contribution in [3.05, 3.63) is 35.3 Å². The molecule has 0 aliphatic carbocycles. The number of esters is 1. The number of hydrogen-bond acceptors (Lipinski definition) is 5. The minimum Gasteiger partial charge on any atom is -0.461 e. The molecule has 0 aliphatic heterocycles. The van der Waals surface area contributed by atoms with Crippen LogP contribution in [-0.2, 0) is 4.74 Å². The van der Waals surface area contributed by atoms with Crippen molar-refractivity contribution >= 4 is 11.9 Å². The fourth-order valence-electron chi connectivity index (χ4n) is 1.61. The normalized spacial score (nSPS) is 10.5. The van der Waals surface area contributed by atoms with Crippen molar-refractivity contribution in [2.45, 2.75) is 13.8 Å². The van der Waals surface area contributed by atoms with Crippen molar-refractivity contribution in [3.63, 3.8) is 0 Å². The highest BCUT2D eigenvalue weighted by atomic mass is 19.1. The number of oxazole rings is 1. The lowest BCUT2D eigenvalue weighted by atomic mass is 10.1. The van der Waals surface area contributed by atoms with E-state index in [0.717, 1.165) is 0 Å². The quantitative estimate of drug-likeness (QED) is 0.862. The van der Waals surface area contributed by atoms with Gasteiger partial charge < -0.3 is 14.9 Å². The summed E-state index contributed by atoms with van der Waals surface area (Å²) in [7, 11) is 0. The first-order valence-electron chi connectivity index (χ1n) is 5.73. The minimum atomic E-state index is -0.692. The third-order valence-electron chi connectivity index (χ3n) is 2.54. The summed E-state index contributed by atoms with van der Waals surface area (Å²) in [6, 6.07) is 4.79. The smallest absolute Gasteiger partial charge is 0.362 e. The van der Waals surface area contributed by atoms with Gasteiger partial charge in [-0.1, -0.05) is 12.1 Å². The van der Waals surface area contributed by atoms with Gasteiger partial charge in [-0.3, -0.25) is 0 Å². The highest BCUT2D eigenvalue weighted by Crippen LogP contribution is 2.27. The molecule has 19 heavy (non-hydrogen) atoms. The first-order valence-corrected chi connectivity index (χ1v) is 5.73. The summed E-state index contributed by atoms with van der Waals surface area (Å²) in [5.74, 6) is -1.38. The fraction of sp³-hybridized carbons (Fsp3) is 0.231. The van der Waals surface area contributed by atoms with Crippen LogP contribution in [0.5, 0.6) is 0 Å². The fourth-order valence-corrected chi connectivity index (χ4v) is 1.61. The van der Waals surface area contributed by atoms with E-state index in [1.165, 1.54) is 6.07 Å². The molecule has 1 aromatic carbocycles. The summed E-state index contributed by atoms with van der Waals surface area (Å²) in [5.41, 5.74) is 6.01. The predicted molar refractivity (Wildman–Crippen MR) is 67.0 cm³/mol. The Hall–Kier alpha value is -2.37. The number of nitrogens with two attached hydrogens (primary N) is 1. The molecule has 6 heteroatoms. The molecule has 1 aromatic heterocycles. The lowest BCUT2D eigenvalue weighted by Gasteiger charge is -2.00. The Kier molecular flexibility index (Phi) is 3.50. The second-order valence-corrected chi connectivity index (χ2v) is 3.89. The van der Waals surface area contributed by atoms with E-state index in [1.807, 2.05) is 0 Å². The van der Waals surface area contributed by atoms with Crippen LogP contribution in [0, 0.1) is 12.7 Å². The summed E-state index contributed by atoms with van der Waals surface area (Å²) in [6.45, 7) is 3.48. The number of aryl methyl sites for hydroxylation is 1. The Balaban J connectivity index is 2.45. The molecule has 1 heterocycles. The number of carbonyl (C=O) groups excluding carboxylic acids is 1. The number of ether oxygens (including phenoxy) is 1. The highest BCUT2D eigenvalue weighted by Gasteiger charge is 2.21. The zero-order chi connectivity index (χ0) is 14.0. The van der Waals surface area contributed by atoms with E-state index in [4.69, 9.17) is 14.9 Å². The van der Waals surface area contributed by atoms with Crippen molar-refractivity contribution in [2.75, 3.05) is 12.3 Å². The monoisotopic (exact) mass is 264 g/mol. The first kappa shape index (κ1) is 13.1. The Morgan fingerprint density at radius 2 is 2.26 bits per heavy atom. The zero-order valence-corrected chi connectivity index (χ0v) is 10.6. The standard InChI is InChI=1S/C13H13FN2O3/c1-3-18-13(17)10-11(15)19-12(16-10)8-6-4-5-7(2)9(8)14/h4-6H,3,15H2,1-2H3. The van der Waals surface area contributed by atoms with Crippen molar-refractivity contribution < 1.29 is 18.3 Å². The number of anilines is 1. The van der Waals surface area contributed by atoms with Gasteiger partial charge in [0.05, 0.1) is 12.2 Å². The van der Waals surface area contributed by atoms with Crippen LogP contribution in [0.1, 0.15) is 23.0 Å². The first-order chi connectivity index (χ1) is 9.04. The second kappa shape index (κ2) is 5.09. The van der Waals surface area contributed by atoms with Crippen molar-refractivity contribution in [1.82, 2.24) is 4.98 Å². The van der Waals surface area contributed by atoms with Crippen LogP contribution < -0.4 is 5.73 Å². The maximum atomic E-state index is 13.9. The third kappa shape index (κ3) is 2.42. The Labute approximate surface area is 109 Å². The average Bonchev–Trinajstić information content (AvgIpc) is 2.75. The van der Waals surface area contributed by atoms with Gasteiger partial charge in [0, 0.05) is 0 Å². The largest absolute Gasteiger partial charge is 0.461 e. The van der Waals surface area contributed by atoms with E-state index in [-0.39, 0.29) is 29.6 Å². The van der Waals surface area contributed by atoms with Crippen LogP contribution in [0.4, 0.5) is 10.3 Å². The van der Waals surface area contributed by atoms with Gasteiger partial charge >= 0.3 is 5.97 Å². The number of nitrogens with zero attached hydrogens (tertiary/aromatic N) is 1. The number of carbonyl (C=O) groups is 1. The Bertz CT molecular complexity index is 622. The van der Waals surface area contributed by atoms with E-state index in [0.29, 0.717) is 5.56 Å². The van der Waals surface area contributed by atoms with Crippen LogP contribution in [0.3, 0.4) is 0 Å². The number of nitrogen functional groups attached to an aromatic ring is 1. The molecule has 0 aliphatic rings. The van der Waals surface area contributed by atoms with E-state index in [1.54, 1.807) is 26.0 Å². The number of benzene rings is 1. The Morgan fingerprint density at radius 3 is 2.95 bits per heavy atom. The van der Waals surface area contributed by atoms with E-state index in [2.05, 4.69) is 4.98 Å². The maximum Gasteiger partial charge on any atom is 0.362 e. The summed E-state index contributed by atoms with van der Waals surface area (Å²) in [6.07, 6.45) is 0. The van der Waals surface area contributed by atoms with Gasteiger partial charge in [-0.2, -0.15) is 4.98 Å². The molecular weight excluding hydrogens is 251 g/mol. The maximum absolute atomic E-state index is 13.9.